The molecular weight excluding hydrogens is 448 g/mol. The van der Waals surface area contributed by atoms with Crippen molar-refractivity contribution in [2.75, 3.05) is 6.54 Å². The summed E-state index contributed by atoms with van der Waals surface area (Å²) < 4.78 is 10.5. The van der Waals surface area contributed by atoms with E-state index in [4.69, 9.17) is 26.8 Å². The Labute approximate surface area is 198 Å². The van der Waals surface area contributed by atoms with Gasteiger partial charge in [-0.05, 0) is 51.7 Å². The average molecular weight is 481 g/mol. The predicted molar refractivity (Wildman–Crippen MR) is 126 cm³/mol. The van der Waals surface area contributed by atoms with Crippen LogP contribution in [-0.4, -0.2) is 59.5 Å². The second kappa shape index (κ2) is 14.9. The number of rotatable bonds is 15. The molecule has 1 aromatic heterocycles. The summed E-state index contributed by atoms with van der Waals surface area (Å²) in [5.74, 6) is -1.34. The van der Waals surface area contributed by atoms with Crippen molar-refractivity contribution < 1.29 is 28.3 Å². The number of carbonyl (C=O) groups excluding carboxylic acids is 4. The molecule has 33 heavy (non-hydrogen) atoms. The van der Waals surface area contributed by atoms with Crippen LogP contribution in [0, 0.1) is 5.41 Å². The van der Waals surface area contributed by atoms with Crippen molar-refractivity contribution in [3.63, 3.8) is 0 Å². The zero-order valence-corrected chi connectivity index (χ0v) is 20.0. The Bertz CT molecular complexity index is 825. The predicted octanol–water partition coefficient (Wildman–Crippen LogP) is 1.65. The molecule has 11 heteroatoms. The Hall–Kier alpha value is -3.08. The molecule has 1 aromatic rings. The molecule has 10 nitrogen and oxygen atoms in total. The molecule has 1 rings (SSSR count). The molecule has 0 aliphatic heterocycles. The van der Waals surface area contributed by atoms with Gasteiger partial charge in [-0.25, -0.2) is 4.79 Å². The molecule has 0 spiro atoms. The lowest BCUT2D eigenvalue weighted by Crippen LogP contribution is -2.52. The molecule has 182 valence electrons. The Morgan fingerprint density at radius 2 is 1.88 bits per heavy atom. The zero-order chi connectivity index (χ0) is 24.8. The van der Waals surface area contributed by atoms with E-state index in [1.807, 2.05) is 0 Å². The van der Waals surface area contributed by atoms with Crippen LogP contribution in [0.4, 0.5) is 0 Å². The van der Waals surface area contributed by atoms with Crippen LogP contribution in [-0.2, 0) is 23.9 Å². The summed E-state index contributed by atoms with van der Waals surface area (Å²) in [5, 5.41) is 15.3. The van der Waals surface area contributed by atoms with Gasteiger partial charge in [-0.2, -0.15) is 0 Å². The highest BCUT2D eigenvalue weighted by Gasteiger charge is 2.28. The van der Waals surface area contributed by atoms with Gasteiger partial charge in [-0.3, -0.25) is 14.4 Å². The fraction of sp³-hybridized carbons (Fsp3) is 0.545. The quantitative estimate of drug-likeness (QED) is 0.128. The Balaban J connectivity index is 2.88. The Morgan fingerprint density at radius 1 is 1.15 bits per heavy atom. The molecule has 0 radical (unpaired) electrons. The molecule has 0 aliphatic carbocycles. The van der Waals surface area contributed by atoms with Gasteiger partial charge in [0.25, 0.3) is 0 Å². The smallest absolute Gasteiger partial charge is 0.328 e. The van der Waals surface area contributed by atoms with E-state index in [0.29, 0.717) is 37.8 Å². The van der Waals surface area contributed by atoms with E-state index in [0.717, 1.165) is 0 Å². The Morgan fingerprint density at radius 3 is 2.45 bits per heavy atom. The number of hydrogen-bond acceptors (Lipinski definition) is 8. The first kappa shape index (κ1) is 28.0. The van der Waals surface area contributed by atoms with Crippen LogP contribution in [0.3, 0.4) is 0 Å². The second-order valence-corrected chi connectivity index (χ2v) is 8.09. The summed E-state index contributed by atoms with van der Waals surface area (Å²) in [5.41, 5.74) is 0. The number of nitrogens with one attached hydrogen (secondary N) is 4. The van der Waals surface area contributed by atoms with E-state index < -0.39 is 35.8 Å². The minimum absolute atomic E-state index is 0.00336. The SMILES string of the molecule is CC(=O)NCCCC[C@H](NC(=S)c1ccco1)C(=O)N[C@@H](CCC(=O)C=N)C(=O)OC(C)C. The van der Waals surface area contributed by atoms with Crippen molar-refractivity contribution in [3.8, 4) is 0 Å². The van der Waals surface area contributed by atoms with Crippen LogP contribution in [0.25, 0.3) is 0 Å². The minimum atomic E-state index is -1.05. The lowest BCUT2D eigenvalue weighted by atomic mass is 10.1. The van der Waals surface area contributed by atoms with Crippen LogP contribution < -0.4 is 16.0 Å². The highest BCUT2D eigenvalue weighted by Crippen LogP contribution is 2.09. The first-order valence-electron chi connectivity index (χ1n) is 10.8. The molecule has 2 atom stereocenters. The second-order valence-electron chi connectivity index (χ2n) is 7.68. The molecule has 0 fully saturated rings. The summed E-state index contributed by atoms with van der Waals surface area (Å²) in [4.78, 5) is 48.3. The van der Waals surface area contributed by atoms with Gasteiger partial charge in [-0.15, -0.1) is 0 Å². The number of furan rings is 1. The standard InChI is InChI=1S/C22H32N4O6S/c1-14(2)32-22(30)18(10-9-16(28)13-23)25-20(29)17(7-4-5-11-24-15(3)27)26-21(33)19-8-6-12-31-19/h6,8,12-14,17-18,23H,4-5,7,9-11H2,1-3H3,(H,24,27)(H,25,29)(H,26,33)/t17-,18-/m0/s1. The van der Waals surface area contributed by atoms with E-state index in [1.165, 1.54) is 13.2 Å². The lowest BCUT2D eigenvalue weighted by molar-refractivity contribution is -0.151. The third-order valence-electron chi connectivity index (χ3n) is 4.45. The van der Waals surface area contributed by atoms with Crippen molar-refractivity contribution >= 4 is 47.0 Å². The number of ketones is 1. The van der Waals surface area contributed by atoms with Gasteiger partial charge in [0, 0.05) is 19.9 Å². The molecule has 0 bridgehead atoms. The number of Topliss-reactive ketones (excluding diaryl/α,β-unsaturated/α-hetero) is 1. The third-order valence-corrected chi connectivity index (χ3v) is 4.77. The third kappa shape index (κ3) is 11.4. The van der Waals surface area contributed by atoms with E-state index in [9.17, 15) is 19.2 Å². The topological polar surface area (TPSA) is 151 Å². The fourth-order valence-electron chi connectivity index (χ4n) is 2.84. The van der Waals surface area contributed by atoms with Gasteiger partial charge in [0.15, 0.2) is 11.5 Å². The molecule has 2 amide bonds. The van der Waals surface area contributed by atoms with Gasteiger partial charge in [0.05, 0.1) is 18.6 Å². The number of ether oxygens (including phenoxy) is 1. The number of amides is 2. The average Bonchev–Trinajstić information content (AvgIpc) is 3.29. The molecule has 0 saturated heterocycles. The first-order valence-corrected chi connectivity index (χ1v) is 11.2. The molecule has 4 N–H and O–H groups in total. The zero-order valence-electron chi connectivity index (χ0n) is 19.1. The highest BCUT2D eigenvalue weighted by molar-refractivity contribution is 7.80. The van der Waals surface area contributed by atoms with Crippen LogP contribution in [0.2, 0.25) is 0 Å². The molecule has 0 saturated carbocycles. The van der Waals surface area contributed by atoms with Crippen molar-refractivity contribution in [3.05, 3.63) is 24.2 Å². The largest absolute Gasteiger partial charge is 0.462 e. The van der Waals surface area contributed by atoms with Crippen LogP contribution >= 0.6 is 12.2 Å². The number of hydrogen-bond donors (Lipinski definition) is 4. The van der Waals surface area contributed by atoms with Crippen molar-refractivity contribution in [1.82, 2.24) is 16.0 Å². The minimum Gasteiger partial charge on any atom is -0.462 e. The number of unbranched alkanes of at least 4 members (excludes halogenated alkanes) is 1. The van der Waals surface area contributed by atoms with Crippen LogP contribution in [0.1, 0.15) is 58.6 Å². The molecule has 0 unspecified atom stereocenters. The number of thiocarbonyl (C=S) groups is 1. The van der Waals surface area contributed by atoms with Crippen molar-refractivity contribution in [1.29, 1.82) is 5.41 Å². The normalized spacial score (nSPS) is 12.4. The number of carbonyl (C=O) groups is 4. The maximum atomic E-state index is 13.1. The van der Waals surface area contributed by atoms with Crippen molar-refractivity contribution in [2.24, 2.45) is 0 Å². The summed E-state index contributed by atoms with van der Waals surface area (Å²) in [7, 11) is 0. The van der Waals surface area contributed by atoms with E-state index in [2.05, 4.69) is 16.0 Å². The lowest BCUT2D eigenvalue weighted by Gasteiger charge is -2.23. The molecule has 0 aromatic carbocycles. The van der Waals surface area contributed by atoms with Gasteiger partial charge in [0.2, 0.25) is 11.8 Å². The van der Waals surface area contributed by atoms with Crippen LogP contribution in [0.5, 0.6) is 0 Å². The van der Waals surface area contributed by atoms with Gasteiger partial charge >= 0.3 is 5.97 Å². The maximum Gasteiger partial charge on any atom is 0.328 e. The Kier molecular flexibility index (Phi) is 12.6. The summed E-state index contributed by atoms with van der Waals surface area (Å²) in [6.07, 6.45) is 3.27. The molecular formula is C22H32N4O6S. The number of esters is 1. The van der Waals surface area contributed by atoms with Gasteiger partial charge < -0.3 is 30.5 Å². The van der Waals surface area contributed by atoms with E-state index >= 15 is 0 Å². The summed E-state index contributed by atoms with van der Waals surface area (Å²) in [6, 6.07) is 1.49. The molecule has 0 aliphatic rings. The summed E-state index contributed by atoms with van der Waals surface area (Å²) >= 11 is 5.33. The van der Waals surface area contributed by atoms with Crippen molar-refractivity contribution in [2.45, 2.75) is 71.1 Å². The van der Waals surface area contributed by atoms with Crippen LogP contribution in [0.15, 0.2) is 22.8 Å². The van der Waals surface area contributed by atoms with Gasteiger partial charge in [-0.1, -0.05) is 12.2 Å². The highest BCUT2D eigenvalue weighted by atomic mass is 32.1. The van der Waals surface area contributed by atoms with Gasteiger partial charge in [0.1, 0.15) is 17.1 Å². The van der Waals surface area contributed by atoms with E-state index in [-0.39, 0.29) is 23.7 Å². The fourth-order valence-corrected chi connectivity index (χ4v) is 3.10. The maximum absolute atomic E-state index is 13.1. The molecule has 1 heterocycles. The monoisotopic (exact) mass is 480 g/mol. The first-order chi connectivity index (χ1) is 15.6. The summed E-state index contributed by atoms with van der Waals surface area (Å²) in [6.45, 7) is 5.27. The van der Waals surface area contributed by atoms with E-state index in [1.54, 1.807) is 26.0 Å².